The number of hydrogen-bond donors (Lipinski definition) is 1. The summed E-state index contributed by atoms with van der Waals surface area (Å²) < 4.78 is 2.43. The standard InChI is InChI=1S/C16H29N3/c1-6-17-13-7-8-16(4,5)11-14(13)19-10-9-18-15(19)12(2)3/h9-10,12-14,17H,6-8,11H2,1-5H3. The van der Waals surface area contributed by atoms with Gasteiger partial charge in [0, 0.05) is 24.4 Å². The van der Waals surface area contributed by atoms with Crippen LogP contribution in [0.3, 0.4) is 0 Å². The summed E-state index contributed by atoms with van der Waals surface area (Å²) in [5, 5.41) is 3.68. The van der Waals surface area contributed by atoms with Crippen LogP contribution in [0.1, 0.15) is 71.7 Å². The minimum absolute atomic E-state index is 0.440. The maximum absolute atomic E-state index is 4.57. The molecule has 0 aliphatic heterocycles. The molecule has 1 aromatic rings. The topological polar surface area (TPSA) is 29.9 Å². The van der Waals surface area contributed by atoms with E-state index in [2.05, 4.69) is 55.7 Å². The highest BCUT2D eigenvalue weighted by atomic mass is 15.1. The number of aromatic nitrogens is 2. The second-order valence-electron chi connectivity index (χ2n) is 6.99. The quantitative estimate of drug-likeness (QED) is 0.897. The maximum Gasteiger partial charge on any atom is 0.111 e. The van der Waals surface area contributed by atoms with Crippen LogP contribution in [0.25, 0.3) is 0 Å². The van der Waals surface area contributed by atoms with Crippen molar-refractivity contribution in [1.82, 2.24) is 14.9 Å². The number of hydrogen-bond acceptors (Lipinski definition) is 2. The van der Waals surface area contributed by atoms with Crippen molar-refractivity contribution >= 4 is 0 Å². The highest BCUT2D eigenvalue weighted by molar-refractivity contribution is 5.04. The number of nitrogens with one attached hydrogen (secondary N) is 1. The molecule has 0 spiro atoms. The Bertz CT molecular complexity index is 406. The zero-order valence-corrected chi connectivity index (χ0v) is 13.1. The van der Waals surface area contributed by atoms with Crippen LogP contribution in [0.2, 0.25) is 0 Å². The molecule has 2 unspecified atom stereocenters. The first-order valence-electron chi connectivity index (χ1n) is 7.70. The lowest BCUT2D eigenvalue weighted by Gasteiger charge is -2.42. The van der Waals surface area contributed by atoms with Crippen molar-refractivity contribution in [3.8, 4) is 0 Å². The van der Waals surface area contributed by atoms with Crippen molar-refractivity contribution in [2.45, 2.75) is 71.9 Å². The Labute approximate surface area is 117 Å². The lowest BCUT2D eigenvalue weighted by molar-refractivity contribution is 0.141. The van der Waals surface area contributed by atoms with Gasteiger partial charge < -0.3 is 9.88 Å². The van der Waals surface area contributed by atoms with E-state index in [4.69, 9.17) is 0 Å². The van der Waals surface area contributed by atoms with Gasteiger partial charge in [0.2, 0.25) is 0 Å². The first-order valence-corrected chi connectivity index (χ1v) is 7.70. The molecular weight excluding hydrogens is 234 g/mol. The number of rotatable bonds is 4. The molecule has 1 aliphatic rings. The van der Waals surface area contributed by atoms with Gasteiger partial charge in [-0.05, 0) is 31.2 Å². The van der Waals surface area contributed by atoms with Crippen LogP contribution in [0, 0.1) is 5.41 Å². The second kappa shape index (κ2) is 5.66. The molecule has 0 saturated heterocycles. The molecule has 1 N–H and O–H groups in total. The average Bonchev–Trinajstić information content (AvgIpc) is 2.80. The molecule has 0 amide bonds. The third-order valence-corrected chi connectivity index (χ3v) is 4.40. The fraction of sp³-hybridized carbons (Fsp3) is 0.812. The van der Waals surface area contributed by atoms with Crippen LogP contribution in [0.5, 0.6) is 0 Å². The number of imidazole rings is 1. The molecule has 1 aromatic heterocycles. The molecule has 1 saturated carbocycles. The van der Waals surface area contributed by atoms with Gasteiger partial charge in [-0.15, -0.1) is 0 Å². The molecule has 3 heteroatoms. The Hall–Kier alpha value is -0.830. The van der Waals surface area contributed by atoms with Crippen LogP contribution in [0.15, 0.2) is 12.4 Å². The molecule has 0 radical (unpaired) electrons. The van der Waals surface area contributed by atoms with E-state index < -0.39 is 0 Å². The van der Waals surface area contributed by atoms with Gasteiger partial charge in [-0.1, -0.05) is 34.6 Å². The summed E-state index contributed by atoms with van der Waals surface area (Å²) in [5.41, 5.74) is 0.440. The second-order valence-corrected chi connectivity index (χ2v) is 6.99. The van der Waals surface area contributed by atoms with Gasteiger partial charge in [0.15, 0.2) is 0 Å². The molecule has 2 atom stereocenters. The van der Waals surface area contributed by atoms with Crippen LogP contribution >= 0.6 is 0 Å². The van der Waals surface area contributed by atoms with Gasteiger partial charge in [0.1, 0.15) is 5.82 Å². The molecule has 0 aromatic carbocycles. The Kier molecular flexibility index (Phi) is 4.34. The van der Waals surface area contributed by atoms with E-state index in [0.717, 1.165) is 6.54 Å². The van der Waals surface area contributed by atoms with Gasteiger partial charge >= 0.3 is 0 Å². The number of nitrogens with zero attached hydrogens (tertiary/aromatic N) is 2. The molecule has 3 nitrogen and oxygen atoms in total. The van der Waals surface area contributed by atoms with Crippen molar-refractivity contribution in [2.75, 3.05) is 6.54 Å². The molecule has 1 fully saturated rings. The van der Waals surface area contributed by atoms with Gasteiger partial charge in [-0.25, -0.2) is 4.98 Å². The van der Waals surface area contributed by atoms with E-state index >= 15 is 0 Å². The summed E-state index contributed by atoms with van der Waals surface area (Å²) in [4.78, 5) is 4.57. The monoisotopic (exact) mass is 263 g/mol. The zero-order valence-electron chi connectivity index (χ0n) is 13.1. The smallest absolute Gasteiger partial charge is 0.111 e. The van der Waals surface area contributed by atoms with Gasteiger partial charge in [-0.2, -0.15) is 0 Å². The maximum atomic E-state index is 4.57. The summed E-state index contributed by atoms with van der Waals surface area (Å²) >= 11 is 0. The Morgan fingerprint density at radius 3 is 2.84 bits per heavy atom. The zero-order chi connectivity index (χ0) is 14.0. The lowest BCUT2D eigenvalue weighted by atomic mass is 9.72. The number of likely N-dealkylation sites (N-methyl/N-ethyl adjacent to an activating group) is 1. The predicted molar refractivity (Wildman–Crippen MR) is 80.4 cm³/mol. The molecule has 2 rings (SSSR count). The highest BCUT2D eigenvalue weighted by Gasteiger charge is 2.36. The summed E-state index contributed by atoms with van der Waals surface area (Å²) in [6.07, 6.45) is 7.94. The van der Waals surface area contributed by atoms with Crippen LogP contribution in [0.4, 0.5) is 0 Å². The molecular formula is C16H29N3. The Morgan fingerprint density at radius 2 is 2.21 bits per heavy atom. The molecule has 108 valence electrons. The summed E-state index contributed by atoms with van der Waals surface area (Å²) in [6, 6.07) is 1.13. The van der Waals surface area contributed by atoms with Crippen LogP contribution in [-0.2, 0) is 0 Å². The minimum atomic E-state index is 0.440. The largest absolute Gasteiger partial charge is 0.330 e. The summed E-state index contributed by atoms with van der Waals surface area (Å²) in [7, 11) is 0. The van der Waals surface area contributed by atoms with Crippen molar-refractivity contribution in [3.05, 3.63) is 18.2 Å². The van der Waals surface area contributed by atoms with Crippen molar-refractivity contribution in [2.24, 2.45) is 5.41 Å². The third kappa shape index (κ3) is 3.19. The van der Waals surface area contributed by atoms with Gasteiger partial charge in [-0.3, -0.25) is 0 Å². The first-order chi connectivity index (χ1) is 8.94. The molecule has 1 heterocycles. The molecule has 19 heavy (non-hydrogen) atoms. The van der Waals surface area contributed by atoms with Gasteiger partial charge in [0.05, 0.1) is 6.04 Å². The van der Waals surface area contributed by atoms with E-state index in [1.807, 2.05) is 6.20 Å². The van der Waals surface area contributed by atoms with Crippen LogP contribution in [-0.4, -0.2) is 22.1 Å². The van der Waals surface area contributed by atoms with E-state index in [-0.39, 0.29) is 0 Å². The van der Waals surface area contributed by atoms with Crippen molar-refractivity contribution < 1.29 is 0 Å². The SMILES string of the molecule is CCNC1CCC(C)(C)CC1n1ccnc1C(C)C. The normalized spacial score (nSPS) is 26.8. The fourth-order valence-corrected chi connectivity index (χ4v) is 3.39. The summed E-state index contributed by atoms with van der Waals surface area (Å²) in [5.74, 6) is 1.72. The fourth-order valence-electron chi connectivity index (χ4n) is 3.39. The van der Waals surface area contributed by atoms with E-state index in [1.165, 1.54) is 25.1 Å². The first kappa shape index (κ1) is 14.6. The van der Waals surface area contributed by atoms with E-state index in [1.54, 1.807) is 0 Å². The van der Waals surface area contributed by atoms with Crippen molar-refractivity contribution in [1.29, 1.82) is 0 Å². The molecule has 1 aliphatic carbocycles. The molecule has 0 bridgehead atoms. The predicted octanol–water partition coefficient (Wildman–Crippen LogP) is 3.74. The van der Waals surface area contributed by atoms with E-state index in [0.29, 0.717) is 23.4 Å². The summed E-state index contributed by atoms with van der Waals surface area (Å²) in [6.45, 7) is 12.5. The van der Waals surface area contributed by atoms with Crippen molar-refractivity contribution in [3.63, 3.8) is 0 Å². The van der Waals surface area contributed by atoms with E-state index in [9.17, 15) is 0 Å². The van der Waals surface area contributed by atoms with Crippen LogP contribution < -0.4 is 5.32 Å². The minimum Gasteiger partial charge on any atom is -0.330 e. The van der Waals surface area contributed by atoms with Gasteiger partial charge in [0.25, 0.3) is 0 Å². The highest BCUT2D eigenvalue weighted by Crippen LogP contribution is 2.41. The lowest BCUT2D eigenvalue weighted by Crippen LogP contribution is -2.44. The average molecular weight is 263 g/mol. The Morgan fingerprint density at radius 1 is 1.47 bits per heavy atom. The third-order valence-electron chi connectivity index (χ3n) is 4.40. The Balaban J connectivity index is 2.28.